The van der Waals surface area contributed by atoms with Crippen LogP contribution in [0.1, 0.15) is 29.2 Å². The summed E-state index contributed by atoms with van der Waals surface area (Å²) < 4.78 is 4.59. The van der Waals surface area contributed by atoms with Gasteiger partial charge in [0.15, 0.2) is 0 Å². The van der Waals surface area contributed by atoms with Crippen LogP contribution >= 0.6 is 0 Å². The lowest BCUT2D eigenvalue weighted by atomic mass is 10.4. The Bertz CT molecular complexity index is 514. The van der Waals surface area contributed by atoms with Gasteiger partial charge >= 0.3 is 5.97 Å². The van der Waals surface area contributed by atoms with Crippen LogP contribution in [0.3, 0.4) is 0 Å². The average Bonchev–Trinajstić information content (AvgIpc) is 3.26. The molecule has 2 rings (SSSR count). The summed E-state index contributed by atoms with van der Waals surface area (Å²) in [5.74, 6) is 0.317. The Kier molecular flexibility index (Phi) is 4.49. The molecule has 1 heterocycles. The van der Waals surface area contributed by atoms with E-state index in [9.17, 15) is 9.59 Å². The minimum Gasteiger partial charge on any atom is -0.463 e. The van der Waals surface area contributed by atoms with Crippen molar-refractivity contribution in [1.29, 1.82) is 0 Å². The van der Waals surface area contributed by atoms with E-state index < -0.39 is 5.97 Å². The minimum atomic E-state index is -0.571. The number of ether oxygens (including phenoxy) is 1. The van der Waals surface area contributed by atoms with E-state index >= 15 is 0 Å². The van der Waals surface area contributed by atoms with Crippen LogP contribution in [-0.2, 0) is 9.53 Å². The molecule has 20 heavy (non-hydrogen) atoms. The molecule has 0 unspecified atom stereocenters. The Balaban J connectivity index is 1.83. The van der Waals surface area contributed by atoms with Crippen molar-refractivity contribution >= 4 is 17.7 Å². The van der Waals surface area contributed by atoms with Crippen molar-refractivity contribution in [3.63, 3.8) is 0 Å². The Morgan fingerprint density at radius 3 is 2.75 bits per heavy atom. The number of carbonyl (C=O) groups is 2. The normalized spacial score (nSPS) is 13.7. The molecule has 1 aromatic heterocycles. The predicted molar refractivity (Wildman–Crippen MR) is 72.3 cm³/mol. The molecule has 1 aliphatic carbocycles. The van der Waals surface area contributed by atoms with Crippen LogP contribution < -0.4 is 10.6 Å². The lowest BCUT2D eigenvalue weighted by Crippen LogP contribution is -2.30. The van der Waals surface area contributed by atoms with E-state index in [1.165, 1.54) is 7.11 Å². The molecule has 0 bridgehead atoms. The second kappa shape index (κ2) is 6.31. The number of anilines is 1. The minimum absolute atomic E-state index is 0.0250. The fourth-order valence-corrected chi connectivity index (χ4v) is 1.71. The number of nitrogens with one attached hydrogen (secondary N) is 2. The zero-order valence-corrected chi connectivity index (χ0v) is 11.6. The monoisotopic (exact) mass is 278 g/mol. The number of nitrogens with zero attached hydrogens (tertiary/aromatic N) is 2. The average molecular weight is 278 g/mol. The molecule has 0 spiro atoms. The second-order valence-corrected chi connectivity index (χ2v) is 4.70. The smallest absolute Gasteiger partial charge is 0.376 e. The standard InChI is InChI=1S/C13H18N4O3/c1-8-7-10(17-11(16-8)13(19)20-2)14-5-6-15-12(18)9-3-4-9/h7,9H,3-6H2,1-2H3,(H,15,18)(H,14,16,17). The van der Waals surface area contributed by atoms with Crippen molar-refractivity contribution in [3.05, 3.63) is 17.6 Å². The van der Waals surface area contributed by atoms with E-state index in [-0.39, 0.29) is 17.6 Å². The summed E-state index contributed by atoms with van der Waals surface area (Å²) in [5, 5.41) is 5.89. The molecular weight excluding hydrogens is 260 g/mol. The van der Waals surface area contributed by atoms with Crippen LogP contribution in [0.2, 0.25) is 0 Å². The number of methoxy groups -OCH3 is 1. The maximum Gasteiger partial charge on any atom is 0.376 e. The molecule has 1 aromatic rings. The topological polar surface area (TPSA) is 93.2 Å². The first-order valence-electron chi connectivity index (χ1n) is 6.55. The van der Waals surface area contributed by atoms with Gasteiger partial charge in [-0.05, 0) is 19.8 Å². The zero-order chi connectivity index (χ0) is 14.5. The molecule has 1 fully saturated rings. The van der Waals surface area contributed by atoms with E-state index in [4.69, 9.17) is 0 Å². The Morgan fingerprint density at radius 2 is 2.10 bits per heavy atom. The first-order valence-corrected chi connectivity index (χ1v) is 6.55. The zero-order valence-electron chi connectivity index (χ0n) is 11.6. The maximum absolute atomic E-state index is 11.4. The highest BCUT2D eigenvalue weighted by Crippen LogP contribution is 2.28. The number of aromatic nitrogens is 2. The largest absolute Gasteiger partial charge is 0.463 e. The number of carbonyl (C=O) groups excluding carboxylic acids is 2. The maximum atomic E-state index is 11.4. The number of hydrogen-bond acceptors (Lipinski definition) is 6. The van der Waals surface area contributed by atoms with Gasteiger partial charge in [-0.25, -0.2) is 14.8 Å². The van der Waals surface area contributed by atoms with Gasteiger partial charge in [0.2, 0.25) is 11.7 Å². The van der Waals surface area contributed by atoms with E-state index in [0.717, 1.165) is 12.8 Å². The summed E-state index contributed by atoms with van der Waals surface area (Å²) in [6.45, 7) is 2.83. The van der Waals surface area contributed by atoms with Gasteiger partial charge in [0, 0.05) is 30.8 Å². The van der Waals surface area contributed by atoms with Crippen molar-refractivity contribution in [1.82, 2.24) is 15.3 Å². The number of hydrogen-bond donors (Lipinski definition) is 2. The molecule has 7 heteroatoms. The molecule has 1 saturated carbocycles. The summed E-state index contributed by atoms with van der Waals surface area (Å²) in [4.78, 5) is 30.9. The molecule has 0 aliphatic heterocycles. The lowest BCUT2D eigenvalue weighted by Gasteiger charge is -2.08. The molecule has 1 amide bonds. The van der Waals surface area contributed by atoms with Crippen molar-refractivity contribution in [3.8, 4) is 0 Å². The summed E-state index contributed by atoms with van der Waals surface area (Å²) in [5.41, 5.74) is 0.671. The van der Waals surface area contributed by atoms with E-state index in [0.29, 0.717) is 24.6 Å². The fraction of sp³-hybridized carbons (Fsp3) is 0.538. The number of aryl methyl sites for hydroxylation is 1. The van der Waals surface area contributed by atoms with Gasteiger partial charge in [0.25, 0.3) is 0 Å². The first kappa shape index (κ1) is 14.2. The molecule has 108 valence electrons. The van der Waals surface area contributed by atoms with Gasteiger partial charge in [-0.15, -0.1) is 0 Å². The quantitative estimate of drug-likeness (QED) is 0.582. The molecule has 2 N–H and O–H groups in total. The van der Waals surface area contributed by atoms with Gasteiger partial charge in [-0.1, -0.05) is 0 Å². The van der Waals surface area contributed by atoms with Crippen molar-refractivity contribution in [2.75, 3.05) is 25.5 Å². The summed E-state index contributed by atoms with van der Waals surface area (Å²) >= 11 is 0. The van der Waals surface area contributed by atoms with Gasteiger partial charge in [0.05, 0.1) is 7.11 Å². The summed E-state index contributed by atoms with van der Waals surface area (Å²) in [7, 11) is 1.29. The molecule has 1 aliphatic rings. The van der Waals surface area contributed by atoms with Crippen LogP contribution in [0.25, 0.3) is 0 Å². The SMILES string of the molecule is COC(=O)c1nc(C)cc(NCCNC(=O)C2CC2)n1. The number of amides is 1. The van der Waals surface area contributed by atoms with Crippen LogP contribution in [0.15, 0.2) is 6.07 Å². The molecule has 0 saturated heterocycles. The van der Waals surface area contributed by atoms with Crippen LogP contribution in [0.4, 0.5) is 5.82 Å². The van der Waals surface area contributed by atoms with E-state index in [1.807, 2.05) is 0 Å². The van der Waals surface area contributed by atoms with Crippen LogP contribution in [-0.4, -0.2) is 42.0 Å². The Labute approximate surface area is 117 Å². The molecule has 0 atom stereocenters. The Morgan fingerprint density at radius 1 is 1.35 bits per heavy atom. The van der Waals surface area contributed by atoms with Gasteiger partial charge in [-0.3, -0.25) is 4.79 Å². The molecular formula is C13H18N4O3. The van der Waals surface area contributed by atoms with Crippen molar-refractivity contribution in [2.45, 2.75) is 19.8 Å². The third-order valence-electron chi connectivity index (χ3n) is 2.90. The Hall–Kier alpha value is -2.18. The van der Waals surface area contributed by atoms with Crippen LogP contribution in [0, 0.1) is 12.8 Å². The highest BCUT2D eigenvalue weighted by atomic mass is 16.5. The fourth-order valence-electron chi connectivity index (χ4n) is 1.71. The van der Waals surface area contributed by atoms with Crippen LogP contribution in [0.5, 0.6) is 0 Å². The van der Waals surface area contributed by atoms with E-state index in [1.54, 1.807) is 13.0 Å². The van der Waals surface area contributed by atoms with Crippen molar-refractivity contribution < 1.29 is 14.3 Å². The van der Waals surface area contributed by atoms with Crippen molar-refractivity contribution in [2.24, 2.45) is 5.92 Å². The summed E-state index contributed by atoms with van der Waals surface area (Å²) in [6.07, 6.45) is 1.99. The van der Waals surface area contributed by atoms with Gasteiger partial charge in [-0.2, -0.15) is 0 Å². The predicted octanol–water partition coefficient (Wildman–Crippen LogP) is 0.510. The third-order valence-corrected chi connectivity index (χ3v) is 2.90. The molecule has 7 nitrogen and oxygen atoms in total. The molecule has 0 aromatic carbocycles. The summed E-state index contributed by atoms with van der Waals surface area (Å²) in [6, 6.07) is 1.73. The highest BCUT2D eigenvalue weighted by Gasteiger charge is 2.28. The van der Waals surface area contributed by atoms with E-state index in [2.05, 4.69) is 25.3 Å². The highest BCUT2D eigenvalue weighted by molar-refractivity contribution is 5.85. The number of esters is 1. The first-order chi connectivity index (χ1) is 9.60. The third kappa shape index (κ3) is 3.91. The lowest BCUT2D eigenvalue weighted by molar-refractivity contribution is -0.122. The molecule has 0 radical (unpaired) electrons. The number of rotatable bonds is 6. The van der Waals surface area contributed by atoms with Gasteiger partial charge < -0.3 is 15.4 Å². The van der Waals surface area contributed by atoms with Gasteiger partial charge in [0.1, 0.15) is 5.82 Å². The second-order valence-electron chi connectivity index (χ2n) is 4.70.